The highest BCUT2D eigenvalue weighted by Crippen LogP contribution is 2.35. The smallest absolute Gasteiger partial charge is 0.253 e. The Kier molecular flexibility index (Phi) is 3.72. The van der Waals surface area contributed by atoms with Gasteiger partial charge in [-0.15, -0.1) is 0 Å². The second kappa shape index (κ2) is 6.15. The molecule has 2 aromatic heterocycles. The van der Waals surface area contributed by atoms with Gasteiger partial charge in [-0.3, -0.25) is 4.79 Å². The van der Waals surface area contributed by atoms with Crippen molar-refractivity contribution < 1.29 is 9.18 Å². The molecule has 1 aromatic carbocycles. The van der Waals surface area contributed by atoms with E-state index in [-0.39, 0.29) is 11.8 Å². The Morgan fingerprint density at radius 2 is 2.04 bits per heavy atom. The zero-order valence-corrected chi connectivity index (χ0v) is 15.7. The van der Waals surface area contributed by atoms with E-state index in [1.807, 2.05) is 6.92 Å². The van der Waals surface area contributed by atoms with Gasteiger partial charge in [-0.25, -0.2) is 14.4 Å². The summed E-state index contributed by atoms with van der Waals surface area (Å²) in [5.41, 5.74) is 5.36. The molecule has 28 heavy (non-hydrogen) atoms. The molecule has 0 spiro atoms. The molecular weight excluding hydrogens is 357 g/mol. The number of carbonyl (C=O) groups excluding carboxylic acids is 1. The minimum atomic E-state index is -0.392. The zero-order chi connectivity index (χ0) is 19.4. The van der Waals surface area contributed by atoms with E-state index in [1.54, 1.807) is 12.1 Å². The van der Waals surface area contributed by atoms with Gasteiger partial charge in [-0.1, -0.05) is 11.6 Å². The highest BCUT2D eigenvalue weighted by atomic mass is 19.1. The predicted octanol–water partition coefficient (Wildman–Crippen LogP) is 3.66. The van der Waals surface area contributed by atoms with Gasteiger partial charge in [-0.2, -0.15) is 0 Å². The van der Waals surface area contributed by atoms with Gasteiger partial charge >= 0.3 is 0 Å². The third kappa shape index (κ3) is 2.58. The van der Waals surface area contributed by atoms with Gasteiger partial charge in [0.2, 0.25) is 0 Å². The highest BCUT2D eigenvalue weighted by molar-refractivity contribution is 6.00. The van der Waals surface area contributed by atoms with Crippen LogP contribution in [0.1, 0.15) is 41.0 Å². The first kappa shape index (κ1) is 16.9. The molecule has 0 aliphatic carbocycles. The van der Waals surface area contributed by atoms with E-state index in [9.17, 15) is 9.18 Å². The molecule has 1 amide bonds. The summed E-state index contributed by atoms with van der Waals surface area (Å²) in [7, 11) is 0. The molecule has 2 aliphatic rings. The van der Waals surface area contributed by atoms with Crippen LogP contribution in [-0.2, 0) is 0 Å². The fourth-order valence-electron chi connectivity index (χ4n) is 3.98. The summed E-state index contributed by atoms with van der Waals surface area (Å²) in [5.74, 6) is 0.234. The molecule has 142 valence electrons. The van der Waals surface area contributed by atoms with Crippen molar-refractivity contribution >= 4 is 22.8 Å². The molecule has 7 heteroatoms. The molecule has 3 aromatic rings. The number of aromatic nitrogens is 3. The SMILES string of the molecule is C/C1=C\C[C@H]2CNC(=O)c3cc([nH]c32)-c2c(F)ccc3nc(C)c(nc23)NC1. The van der Waals surface area contributed by atoms with Crippen LogP contribution in [0.4, 0.5) is 10.2 Å². The molecule has 0 saturated carbocycles. The molecule has 4 heterocycles. The summed E-state index contributed by atoms with van der Waals surface area (Å²) in [5, 5.41) is 6.27. The number of halogens is 1. The van der Waals surface area contributed by atoms with Crippen LogP contribution in [0, 0.1) is 12.7 Å². The number of allylic oxidation sites excluding steroid dienone is 1. The van der Waals surface area contributed by atoms with Crippen LogP contribution in [0.3, 0.4) is 0 Å². The van der Waals surface area contributed by atoms with Gasteiger partial charge in [0.05, 0.1) is 28.0 Å². The van der Waals surface area contributed by atoms with Crippen LogP contribution in [0.25, 0.3) is 22.3 Å². The molecule has 3 N–H and O–H groups in total. The number of aromatic amines is 1. The fourth-order valence-corrected chi connectivity index (χ4v) is 3.98. The average molecular weight is 377 g/mol. The molecule has 0 fully saturated rings. The van der Waals surface area contributed by atoms with E-state index in [0.717, 1.165) is 17.8 Å². The second-order valence-electron chi connectivity index (χ2n) is 7.50. The number of carbonyl (C=O) groups is 1. The van der Waals surface area contributed by atoms with Gasteiger partial charge < -0.3 is 15.6 Å². The number of H-pyrrole nitrogens is 1. The first-order valence-electron chi connectivity index (χ1n) is 9.39. The number of fused-ring (bicyclic) bond motifs is 3. The number of nitrogens with zero attached hydrogens (tertiary/aromatic N) is 2. The number of anilines is 1. The van der Waals surface area contributed by atoms with E-state index in [0.29, 0.717) is 46.8 Å². The Hall–Kier alpha value is -3.22. The topological polar surface area (TPSA) is 82.7 Å². The van der Waals surface area contributed by atoms with Gasteiger partial charge in [0, 0.05) is 24.7 Å². The monoisotopic (exact) mass is 377 g/mol. The number of rotatable bonds is 0. The quantitative estimate of drug-likeness (QED) is 0.522. The summed E-state index contributed by atoms with van der Waals surface area (Å²) in [4.78, 5) is 25.0. The maximum Gasteiger partial charge on any atom is 0.253 e. The zero-order valence-electron chi connectivity index (χ0n) is 15.7. The lowest BCUT2D eigenvalue weighted by molar-refractivity contribution is 0.0940. The molecule has 1 atom stereocenters. The van der Waals surface area contributed by atoms with E-state index >= 15 is 0 Å². The Labute approximate surface area is 161 Å². The lowest BCUT2D eigenvalue weighted by Gasteiger charge is -2.22. The number of hydrogen-bond donors (Lipinski definition) is 3. The lowest BCUT2D eigenvalue weighted by Crippen LogP contribution is -2.34. The van der Waals surface area contributed by atoms with Crippen molar-refractivity contribution in [2.45, 2.75) is 26.2 Å². The maximum absolute atomic E-state index is 14.9. The predicted molar refractivity (Wildman–Crippen MR) is 106 cm³/mol. The maximum atomic E-state index is 14.9. The average Bonchev–Trinajstić information content (AvgIpc) is 3.11. The van der Waals surface area contributed by atoms with Crippen molar-refractivity contribution in [3.8, 4) is 11.3 Å². The van der Waals surface area contributed by atoms with Crippen molar-refractivity contribution in [1.29, 1.82) is 0 Å². The molecule has 5 rings (SSSR count). The van der Waals surface area contributed by atoms with Crippen LogP contribution in [-0.4, -0.2) is 33.9 Å². The first-order chi connectivity index (χ1) is 13.5. The summed E-state index contributed by atoms with van der Waals surface area (Å²) in [6.07, 6.45) is 2.96. The van der Waals surface area contributed by atoms with Crippen molar-refractivity contribution in [3.05, 3.63) is 52.6 Å². The molecule has 2 aliphatic heterocycles. The standard InChI is InChI=1S/C21H20FN5O/c1-10-3-4-12-9-24-21(28)13-7-16(26-18(12)13)17-14(22)5-6-15-19(17)27-20(23-8-10)11(2)25-15/h3,5-7,12,26H,4,8-9H2,1-2H3,(H,23,27)(H,24,28)/b10-3+/t12-/m0/s1. The molecule has 0 saturated heterocycles. The minimum Gasteiger partial charge on any atom is -0.365 e. The van der Waals surface area contributed by atoms with Crippen molar-refractivity contribution in [2.24, 2.45) is 0 Å². The number of amides is 1. The van der Waals surface area contributed by atoms with Crippen molar-refractivity contribution in [1.82, 2.24) is 20.3 Å². The summed E-state index contributed by atoms with van der Waals surface area (Å²) in [6.45, 7) is 5.14. The van der Waals surface area contributed by atoms with Gasteiger partial charge in [0.1, 0.15) is 17.2 Å². The second-order valence-corrected chi connectivity index (χ2v) is 7.50. The van der Waals surface area contributed by atoms with Crippen molar-refractivity contribution in [2.75, 3.05) is 18.4 Å². The molecular formula is C21H20FN5O. The largest absolute Gasteiger partial charge is 0.365 e. The first-order valence-corrected chi connectivity index (χ1v) is 9.39. The van der Waals surface area contributed by atoms with E-state index < -0.39 is 5.82 Å². The molecule has 0 radical (unpaired) electrons. The number of aryl methyl sites for hydroxylation is 1. The third-order valence-electron chi connectivity index (χ3n) is 5.53. The number of hydrogen-bond acceptors (Lipinski definition) is 4. The van der Waals surface area contributed by atoms with E-state index in [1.165, 1.54) is 11.6 Å². The fraction of sp³-hybridized carbons (Fsp3) is 0.286. The van der Waals surface area contributed by atoms with Crippen LogP contribution < -0.4 is 10.6 Å². The van der Waals surface area contributed by atoms with Crippen LogP contribution in [0.5, 0.6) is 0 Å². The Morgan fingerprint density at radius 3 is 2.89 bits per heavy atom. The number of nitrogens with one attached hydrogen (secondary N) is 3. The van der Waals surface area contributed by atoms with Crippen LogP contribution >= 0.6 is 0 Å². The summed E-state index contributed by atoms with van der Waals surface area (Å²) in [6, 6.07) is 4.77. The third-order valence-corrected chi connectivity index (χ3v) is 5.53. The van der Waals surface area contributed by atoms with E-state index in [2.05, 4.69) is 33.6 Å². The van der Waals surface area contributed by atoms with Crippen molar-refractivity contribution in [3.63, 3.8) is 0 Å². The Balaban J connectivity index is 1.83. The van der Waals surface area contributed by atoms with Gasteiger partial charge in [0.25, 0.3) is 5.91 Å². The minimum absolute atomic E-state index is 0.121. The normalized spacial score (nSPS) is 20.5. The molecule has 0 unspecified atom stereocenters. The van der Waals surface area contributed by atoms with Crippen LogP contribution in [0.2, 0.25) is 0 Å². The molecule has 6 nitrogen and oxygen atoms in total. The Bertz CT molecular complexity index is 1160. The summed E-state index contributed by atoms with van der Waals surface area (Å²) < 4.78 is 14.9. The van der Waals surface area contributed by atoms with E-state index in [4.69, 9.17) is 4.98 Å². The lowest BCUT2D eigenvalue weighted by atomic mass is 9.93. The van der Waals surface area contributed by atoms with Crippen LogP contribution in [0.15, 0.2) is 29.8 Å². The number of benzene rings is 1. The van der Waals surface area contributed by atoms with Gasteiger partial charge in [-0.05, 0) is 38.5 Å². The summed E-state index contributed by atoms with van der Waals surface area (Å²) >= 11 is 0. The molecule has 4 bridgehead atoms. The highest BCUT2D eigenvalue weighted by Gasteiger charge is 2.29. The Morgan fingerprint density at radius 1 is 1.18 bits per heavy atom. The van der Waals surface area contributed by atoms with Gasteiger partial charge in [0.15, 0.2) is 0 Å².